The van der Waals surface area contributed by atoms with Gasteiger partial charge in [0.05, 0.1) is 11.4 Å². The second kappa shape index (κ2) is 6.04. The van der Waals surface area contributed by atoms with E-state index in [-0.39, 0.29) is 5.82 Å². The predicted molar refractivity (Wildman–Crippen MR) is 86.8 cm³/mol. The van der Waals surface area contributed by atoms with Gasteiger partial charge in [-0.1, -0.05) is 12.1 Å². The smallest absolute Gasteiger partial charge is 0.123 e. The summed E-state index contributed by atoms with van der Waals surface area (Å²) in [6, 6.07) is 15.0. The molecule has 110 valence electrons. The standard InChI is InChI=1S/C17H20FN3/c1-20-12-13-21(17-5-3-2-4-16(17)20)11-10-19-15-8-6-14(18)7-9-15/h2-9,19H,10-13H2,1H3. The summed E-state index contributed by atoms with van der Waals surface area (Å²) in [5, 5.41) is 3.34. The van der Waals surface area contributed by atoms with Crippen molar-refractivity contribution >= 4 is 17.1 Å². The Morgan fingerprint density at radius 1 is 1.00 bits per heavy atom. The molecule has 0 amide bonds. The number of nitrogens with one attached hydrogen (secondary N) is 1. The average Bonchev–Trinajstić information content (AvgIpc) is 2.52. The van der Waals surface area contributed by atoms with Gasteiger partial charge in [0.2, 0.25) is 0 Å². The summed E-state index contributed by atoms with van der Waals surface area (Å²) in [6.07, 6.45) is 0. The van der Waals surface area contributed by atoms with Crippen molar-refractivity contribution in [1.29, 1.82) is 0 Å². The molecule has 0 radical (unpaired) electrons. The summed E-state index contributed by atoms with van der Waals surface area (Å²) in [7, 11) is 2.13. The van der Waals surface area contributed by atoms with Crippen LogP contribution in [0.25, 0.3) is 0 Å². The lowest BCUT2D eigenvalue weighted by Gasteiger charge is -2.37. The van der Waals surface area contributed by atoms with Crippen molar-refractivity contribution in [3.8, 4) is 0 Å². The van der Waals surface area contributed by atoms with E-state index in [4.69, 9.17) is 0 Å². The van der Waals surface area contributed by atoms with Gasteiger partial charge in [0.15, 0.2) is 0 Å². The van der Waals surface area contributed by atoms with E-state index in [1.165, 1.54) is 23.5 Å². The SMILES string of the molecule is CN1CCN(CCNc2ccc(F)cc2)c2ccccc21. The first kappa shape index (κ1) is 13.7. The minimum absolute atomic E-state index is 0.200. The first-order valence-electron chi connectivity index (χ1n) is 7.28. The number of benzene rings is 2. The molecule has 0 unspecified atom stereocenters. The quantitative estimate of drug-likeness (QED) is 0.930. The van der Waals surface area contributed by atoms with Crippen LogP contribution in [-0.2, 0) is 0 Å². The van der Waals surface area contributed by atoms with Crippen molar-refractivity contribution in [2.24, 2.45) is 0 Å². The zero-order chi connectivity index (χ0) is 14.7. The van der Waals surface area contributed by atoms with Crippen molar-refractivity contribution in [2.75, 3.05) is 48.3 Å². The minimum atomic E-state index is -0.200. The summed E-state index contributed by atoms with van der Waals surface area (Å²) in [6.45, 7) is 3.83. The first-order valence-corrected chi connectivity index (χ1v) is 7.28. The molecular formula is C17H20FN3. The molecule has 21 heavy (non-hydrogen) atoms. The molecule has 0 fully saturated rings. The van der Waals surface area contributed by atoms with Gasteiger partial charge >= 0.3 is 0 Å². The summed E-state index contributed by atoms with van der Waals surface area (Å²) in [5.41, 5.74) is 3.52. The van der Waals surface area contributed by atoms with Gasteiger partial charge in [-0.05, 0) is 36.4 Å². The lowest BCUT2D eigenvalue weighted by molar-refractivity contribution is 0.628. The lowest BCUT2D eigenvalue weighted by atomic mass is 10.2. The second-order valence-electron chi connectivity index (χ2n) is 5.33. The van der Waals surface area contributed by atoms with E-state index in [0.717, 1.165) is 31.9 Å². The van der Waals surface area contributed by atoms with Gasteiger partial charge in [0, 0.05) is 38.9 Å². The summed E-state index contributed by atoms with van der Waals surface area (Å²) in [5.74, 6) is -0.200. The highest BCUT2D eigenvalue weighted by Gasteiger charge is 2.18. The van der Waals surface area contributed by atoms with Crippen LogP contribution in [0.2, 0.25) is 0 Å². The molecule has 1 aliphatic rings. The highest BCUT2D eigenvalue weighted by Crippen LogP contribution is 2.31. The molecule has 1 aliphatic heterocycles. The van der Waals surface area contributed by atoms with Crippen LogP contribution in [-0.4, -0.2) is 33.2 Å². The van der Waals surface area contributed by atoms with Crippen LogP contribution >= 0.6 is 0 Å². The zero-order valence-electron chi connectivity index (χ0n) is 12.2. The van der Waals surface area contributed by atoms with Gasteiger partial charge in [-0.2, -0.15) is 0 Å². The summed E-state index contributed by atoms with van der Waals surface area (Å²) in [4.78, 5) is 4.69. The Balaban J connectivity index is 1.61. The molecular weight excluding hydrogens is 265 g/mol. The van der Waals surface area contributed by atoms with Gasteiger partial charge in [-0.3, -0.25) is 0 Å². The highest BCUT2D eigenvalue weighted by atomic mass is 19.1. The Hall–Kier alpha value is -2.23. The number of hydrogen-bond donors (Lipinski definition) is 1. The fourth-order valence-corrected chi connectivity index (χ4v) is 2.70. The van der Waals surface area contributed by atoms with Crippen molar-refractivity contribution in [3.05, 3.63) is 54.3 Å². The Morgan fingerprint density at radius 3 is 2.48 bits per heavy atom. The van der Waals surface area contributed by atoms with Crippen molar-refractivity contribution in [3.63, 3.8) is 0 Å². The number of likely N-dealkylation sites (N-methyl/N-ethyl adjacent to an activating group) is 1. The van der Waals surface area contributed by atoms with Gasteiger partial charge in [0.25, 0.3) is 0 Å². The molecule has 4 heteroatoms. The number of hydrogen-bond acceptors (Lipinski definition) is 3. The minimum Gasteiger partial charge on any atom is -0.383 e. The van der Waals surface area contributed by atoms with E-state index in [0.29, 0.717) is 0 Å². The summed E-state index contributed by atoms with van der Waals surface area (Å²) >= 11 is 0. The van der Waals surface area contributed by atoms with Crippen molar-refractivity contribution in [1.82, 2.24) is 0 Å². The monoisotopic (exact) mass is 285 g/mol. The van der Waals surface area contributed by atoms with Crippen molar-refractivity contribution in [2.45, 2.75) is 0 Å². The topological polar surface area (TPSA) is 18.5 Å². The largest absolute Gasteiger partial charge is 0.383 e. The van der Waals surface area contributed by atoms with E-state index in [1.54, 1.807) is 12.1 Å². The van der Waals surface area contributed by atoms with E-state index in [2.05, 4.69) is 46.4 Å². The van der Waals surface area contributed by atoms with Crippen molar-refractivity contribution < 1.29 is 4.39 Å². The zero-order valence-corrected chi connectivity index (χ0v) is 12.2. The first-order chi connectivity index (χ1) is 10.2. The molecule has 0 aromatic heterocycles. The maximum Gasteiger partial charge on any atom is 0.123 e. The maximum atomic E-state index is 12.9. The van der Waals surface area contributed by atoms with Crippen LogP contribution in [0.5, 0.6) is 0 Å². The number of rotatable bonds is 4. The molecule has 0 saturated heterocycles. The Morgan fingerprint density at radius 2 is 1.71 bits per heavy atom. The molecule has 3 rings (SSSR count). The number of anilines is 3. The Bertz CT molecular complexity index is 597. The molecule has 0 bridgehead atoms. The molecule has 0 aliphatic carbocycles. The molecule has 2 aromatic rings. The van der Waals surface area contributed by atoms with E-state index >= 15 is 0 Å². The predicted octanol–water partition coefficient (Wildman–Crippen LogP) is 3.19. The fourth-order valence-electron chi connectivity index (χ4n) is 2.70. The average molecular weight is 285 g/mol. The molecule has 0 spiro atoms. The van der Waals surface area contributed by atoms with Crippen LogP contribution in [0.3, 0.4) is 0 Å². The number of nitrogens with zero attached hydrogens (tertiary/aromatic N) is 2. The Kier molecular flexibility index (Phi) is 3.95. The lowest BCUT2D eigenvalue weighted by Crippen LogP contribution is -2.41. The van der Waals surface area contributed by atoms with Crippen LogP contribution in [0.4, 0.5) is 21.5 Å². The van der Waals surface area contributed by atoms with E-state index < -0.39 is 0 Å². The van der Waals surface area contributed by atoms with Crippen LogP contribution in [0.15, 0.2) is 48.5 Å². The van der Waals surface area contributed by atoms with Crippen LogP contribution < -0.4 is 15.1 Å². The summed E-state index contributed by atoms with van der Waals surface area (Å²) < 4.78 is 12.9. The molecule has 3 nitrogen and oxygen atoms in total. The fraction of sp³-hybridized carbons (Fsp3) is 0.294. The third-order valence-electron chi connectivity index (χ3n) is 3.89. The molecule has 1 heterocycles. The van der Waals surface area contributed by atoms with Crippen LogP contribution in [0.1, 0.15) is 0 Å². The molecule has 2 aromatic carbocycles. The number of fused-ring (bicyclic) bond motifs is 1. The molecule has 1 N–H and O–H groups in total. The normalized spacial score (nSPS) is 14.0. The third-order valence-corrected chi connectivity index (χ3v) is 3.89. The molecule has 0 atom stereocenters. The van der Waals surface area contributed by atoms with Gasteiger partial charge in [-0.15, -0.1) is 0 Å². The number of halogens is 1. The third kappa shape index (κ3) is 3.10. The number of para-hydroxylation sites is 2. The van der Waals surface area contributed by atoms with Gasteiger partial charge < -0.3 is 15.1 Å². The maximum absolute atomic E-state index is 12.9. The Labute approximate surface area is 125 Å². The van der Waals surface area contributed by atoms with E-state index in [9.17, 15) is 4.39 Å². The van der Waals surface area contributed by atoms with Gasteiger partial charge in [0.1, 0.15) is 5.82 Å². The highest BCUT2D eigenvalue weighted by molar-refractivity contribution is 5.73. The molecule has 0 saturated carbocycles. The second-order valence-corrected chi connectivity index (χ2v) is 5.33. The van der Waals surface area contributed by atoms with Gasteiger partial charge in [-0.25, -0.2) is 4.39 Å². The van der Waals surface area contributed by atoms with E-state index in [1.807, 2.05) is 0 Å². The van der Waals surface area contributed by atoms with Crippen LogP contribution in [0, 0.1) is 5.82 Å².